The van der Waals surface area contributed by atoms with Crippen molar-refractivity contribution in [3.05, 3.63) is 59.6 Å². The third kappa shape index (κ3) is 2.45. The second kappa shape index (κ2) is 5.54. The highest BCUT2D eigenvalue weighted by Gasteiger charge is 2.14. The summed E-state index contributed by atoms with van der Waals surface area (Å²) >= 11 is 3.65. The Bertz CT molecular complexity index is 818. The highest BCUT2D eigenvalue weighted by atomic mass is 32.1. The van der Waals surface area contributed by atoms with Crippen molar-refractivity contribution in [3.8, 4) is 0 Å². The minimum Gasteiger partial charge on any atom is -0.188 e. The number of para-hydroxylation sites is 2. The molecule has 2 heterocycles. The van der Waals surface area contributed by atoms with Crippen LogP contribution in [0, 0.1) is 0 Å². The highest BCUT2D eigenvalue weighted by Crippen LogP contribution is 2.16. The number of aromatic nitrogens is 2. The van der Waals surface area contributed by atoms with Crippen LogP contribution in [0.4, 0.5) is 0 Å². The fraction of sp³-hybridized carbons (Fsp3) is 0.176. The molecule has 104 valence electrons. The molecule has 0 unspecified atom stereocenters. The minimum atomic E-state index is 1.07. The molecule has 0 aliphatic carbocycles. The van der Waals surface area contributed by atoms with E-state index in [9.17, 15) is 0 Å². The van der Waals surface area contributed by atoms with E-state index in [1.54, 1.807) is 0 Å². The molecule has 0 radical (unpaired) electrons. The van der Waals surface area contributed by atoms with Gasteiger partial charge in [0.1, 0.15) is 9.40 Å². The Labute approximate surface area is 131 Å². The molecule has 4 rings (SSSR count). The summed E-state index contributed by atoms with van der Waals surface area (Å²) < 4.78 is 7.47. The fourth-order valence-corrected chi connectivity index (χ4v) is 4.55. The van der Waals surface area contributed by atoms with Crippen LogP contribution in [0.3, 0.4) is 0 Å². The van der Waals surface area contributed by atoms with Crippen molar-refractivity contribution >= 4 is 43.1 Å². The number of benzene rings is 2. The van der Waals surface area contributed by atoms with E-state index >= 15 is 0 Å². The smallest absolute Gasteiger partial charge is 0.188 e. The van der Waals surface area contributed by atoms with Gasteiger partial charge in [0.2, 0.25) is 22.1 Å². The molecule has 0 atom stereocenters. The average Bonchev–Trinajstić information content (AvgIpc) is 3.13. The fourth-order valence-electron chi connectivity index (χ4n) is 2.70. The summed E-state index contributed by atoms with van der Waals surface area (Å²) in [4.78, 5) is 0. The summed E-state index contributed by atoms with van der Waals surface area (Å²) in [6, 6.07) is 17.2. The number of aryl methyl sites for hydroxylation is 2. The molecule has 0 fully saturated rings. The first-order valence-corrected chi connectivity index (χ1v) is 8.89. The second-order valence-corrected chi connectivity index (χ2v) is 6.90. The van der Waals surface area contributed by atoms with Crippen LogP contribution < -0.4 is 9.13 Å². The number of hydrogen-bond donors (Lipinski definition) is 0. The third-order valence-electron chi connectivity index (χ3n) is 3.76. The van der Waals surface area contributed by atoms with Gasteiger partial charge in [-0.1, -0.05) is 46.9 Å². The van der Waals surface area contributed by atoms with Gasteiger partial charge in [-0.2, -0.15) is 9.13 Å². The monoisotopic (exact) mass is 312 g/mol. The summed E-state index contributed by atoms with van der Waals surface area (Å²) in [6.45, 7) is 2.14. The summed E-state index contributed by atoms with van der Waals surface area (Å²) in [6.07, 6.45) is 1.15. The van der Waals surface area contributed by atoms with Crippen LogP contribution in [0.15, 0.2) is 59.6 Å². The van der Waals surface area contributed by atoms with Gasteiger partial charge in [-0.3, -0.25) is 0 Å². The van der Waals surface area contributed by atoms with Gasteiger partial charge in [0, 0.05) is 12.1 Å². The van der Waals surface area contributed by atoms with E-state index in [1.807, 2.05) is 22.7 Å². The van der Waals surface area contributed by atoms with Gasteiger partial charge in [0.15, 0.2) is 13.1 Å². The zero-order chi connectivity index (χ0) is 14.1. The average molecular weight is 312 g/mol. The van der Waals surface area contributed by atoms with E-state index in [0.29, 0.717) is 0 Å². The van der Waals surface area contributed by atoms with Gasteiger partial charge in [-0.05, 0) is 12.1 Å². The van der Waals surface area contributed by atoms with Crippen LogP contribution in [0.25, 0.3) is 20.4 Å². The van der Waals surface area contributed by atoms with Crippen LogP contribution in [0.1, 0.15) is 6.42 Å². The van der Waals surface area contributed by atoms with E-state index in [1.165, 1.54) is 20.4 Å². The molecular weight excluding hydrogens is 296 g/mol. The summed E-state index contributed by atoms with van der Waals surface area (Å²) in [5.41, 5.74) is 7.17. The molecule has 2 nitrogen and oxygen atoms in total. The Morgan fingerprint density at radius 2 is 1.14 bits per heavy atom. The number of rotatable bonds is 4. The lowest BCUT2D eigenvalue weighted by Gasteiger charge is -1.94. The zero-order valence-electron chi connectivity index (χ0n) is 11.6. The molecule has 0 N–H and O–H groups in total. The van der Waals surface area contributed by atoms with Gasteiger partial charge in [0.05, 0.1) is 6.42 Å². The van der Waals surface area contributed by atoms with Crippen molar-refractivity contribution < 1.29 is 9.13 Å². The Morgan fingerprint density at radius 1 is 0.667 bits per heavy atom. The zero-order valence-corrected chi connectivity index (χ0v) is 13.2. The first-order valence-electron chi connectivity index (χ1n) is 7.13. The number of hydrogen-bond acceptors (Lipinski definition) is 2. The van der Waals surface area contributed by atoms with E-state index in [-0.39, 0.29) is 0 Å². The SMILES string of the molecule is c1ccc2c(c1)sc[n+]2CCC[n+]1csc2ccccc21. The molecule has 0 aliphatic heterocycles. The van der Waals surface area contributed by atoms with Crippen molar-refractivity contribution in [1.29, 1.82) is 0 Å². The quantitative estimate of drug-likeness (QED) is 0.507. The van der Waals surface area contributed by atoms with Gasteiger partial charge in [0.25, 0.3) is 0 Å². The number of nitrogens with zero attached hydrogens (tertiary/aromatic N) is 2. The van der Waals surface area contributed by atoms with E-state index in [4.69, 9.17) is 0 Å². The molecule has 0 amide bonds. The minimum absolute atomic E-state index is 1.07. The Morgan fingerprint density at radius 3 is 1.67 bits per heavy atom. The van der Waals surface area contributed by atoms with Gasteiger partial charge < -0.3 is 0 Å². The lowest BCUT2D eigenvalue weighted by Crippen LogP contribution is -2.37. The Hall–Kier alpha value is -1.78. The molecule has 2 aromatic carbocycles. The summed E-state index contributed by atoms with van der Waals surface area (Å²) in [7, 11) is 0. The Balaban J connectivity index is 1.50. The molecule has 21 heavy (non-hydrogen) atoms. The summed E-state index contributed by atoms with van der Waals surface area (Å²) in [5, 5.41) is 0. The lowest BCUT2D eigenvalue weighted by atomic mass is 10.3. The van der Waals surface area contributed by atoms with Crippen LogP contribution in [0.2, 0.25) is 0 Å². The molecule has 4 aromatic rings. The van der Waals surface area contributed by atoms with Gasteiger partial charge >= 0.3 is 0 Å². The van der Waals surface area contributed by atoms with Crippen LogP contribution in [0.5, 0.6) is 0 Å². The van der Waals surface area contributed by atoms with Crippen molar-refractivity contribution in [2.24, 2.45) is 0 Å². The Kier molecular flexibility index (Phi) is 3.41. The number of fused-ring (bicyclic) bond motifs is 2. The maximum absolute atomic E-state index is 2.37. The van der Waals surface area contributed by atoms with E-state index in [2.05, 4.69) is 68.7 Å². The predicted molar refractivity (Wildman–Crippen MR) is 88.7 cm³/mol. The molecule has 2 aromatic heterocycles. The number of thiazole rings is 2. The molecule has 0 bridgehead atoms. The largest absolute Gasteiger partial charge is 0.225 e. The van der Waals surface area contributed by atoms with Crippen LogP contribution in [-0.4, -0.2) is 0 Å². The van der Waals surface area contributed by atoms with E-state index in [0.717, 1.165) is 19.5 Å². The molecule has 0 spiro atoms. The van der Waals surface area contributed by atoms with E-state index < -0.39 is 0 Å². The van der Waals surface area contributed by atoms with Gasteiger partial charge in [-0.25, -0.2) is 0 Å². The van der Waals surface area contributed by atoms with Gasteiger partial charge in [-0.15, -0.1) is 0 Å². The molecule has 0 saturated carbocycles. The van der Waals surface area contributed by atoms with Crippen molar-refractivity contribution in [1.82, 2.24) is 0 Å². The van der Waals surface area contributed by atoms with Crippen molar-refractivity contribution in [2.45, 2.75) is 19.5 Å². The molecule has 0 saturated heterocycles. The first kappa shape index (κ1) is 12.9. The lowest BCUT2D eigenvalue weighted by molar-refractivity contribution is -0.698. The highest BCUT2D eigenvalue weighted by molar-refractivity contribution is 7.16. The third-order valence-corrected chi connectivity index (χ3v) is 5.68. The summed E-state index contributed by atoms with van der Waals surface area (Å²) in [5.74, 6) is 0. The molecule has 0 aliphatic rings. The molecule has 4 heteroatoms. The first-order chi connectivity index (χ1) is 10.4. The topological polar surface area (TPSA) is 7.76 Å². The second-order valence-electron chi connectivity index (χ2n) is 5.12. The predicted octanol–water partition coefficient (Wildman–Crippen LogP) is 3.78. The standard InChI is InChI=1S/C17H16N2S2/c1-3-8-16-14(6-1)18(12-20-16)10-5-11-19-13-21-17-9-4-2-7-15(17)19/h1-4,6-9,12-13H,5,10-11H2/q+2. The maximum Gasteiger partial charge on any atom is 0.225 e. The normalized spacial score (nSPS) is 11.4. The van der Waals surface area contributed by atoms with Crippen molar-refractivity contribution in [2.75, 3.05) is 0 Å². The maximum atomic E-state index is 2.37. The van der Waals surface area contributed by atoms with Crippen molar-refractivity contribution in [3.63, 3.8) is 0 Å². The van der Waals surface area contributed by atoms with Crippen LogP contribution in [-0.2, 0) is 13.1 Å². The molecular formula is C17H16N2S2+2. The van der Waals surface area contributed by atoms with Crippen LogP contribution >= 0.6 is 22.7 Å².